The van der Waals surface area contributed by atoms with Crippen molar-refractivity contribution in [3.63, 3.8) is 0 Å². The third-order valence-corrected chi connectivity index (χ3v) is 4.10. The van der Waals surface area contributed by atoms with Gasteiger partial charge in [-0.15, -0.1) is 0 Å². The summed E-state index contributed by atoms with van der Waals surface area (Å²) in [5, 5.41) is 5.26. The molecule has 0 spiro atoms. The van der Waals surface area contributed by atoms with E-state index >= 15 is 0 Å². The molecular formula is C13H20FN3O3S. The van der Waals surface area contributed by atoms with Gasteiger partial charge < -0.3 is 10.6 Å². The lowest BCUT2D eigenvalue weighted by molar-refractivity contribution is 0.0956. The molecule has 0 aromatic heterocycles. The maximum Gasteiger partial charge on any atom is 0.253 e. The Bertz CT molecular complexity index is 590. The topological polar surface area (TPSA) is 87.3 Å². The number of halogens is 1. The van der Waals surface area contributed by atoms with Crippen LogP contribution in [-0.4, -0.2) is 39.7 Å². The quantitative estimate of drug-likeness (QED) is 0.665. The Morgan fingerprint density at radius 2 is 1.95 bits per heavy atom. The molecule has 0 saturated heterocycles. The van der Waals surface area contributed by atoms with Crippen LogP contribution in [0.15, 0.2) is 18.2 Å². The zero-order valence-corrected chi connectivity index (χ0v) is 12.9. The minimum Gasteiger partial charge on any atom is -0.382 e. The van der Waals surface area contributed by atoms with Gasteiger partial charge in [-0.25, -0.2) is 17.5 Å². The molecule has 1 aromatic rings. The lowest BCUT2D eigenvalue weighted by Crippen LogP contribution is -2.34. The first-order valence-corrected chi connectivity index (χ1v) is 8.34. The number of carbonyl (C=O) groups is 1. The molecule has 0 fully saturated rings. The Balaban J connectivity index is 2.71. The van der Waals surface area contributed by atoms with Crippen LogP contribution >= 0.6 is 0 Å². The highest BCUT2D eigenvalue weighted by atomic mass is 32.2. The number of para-hydroxylation sites is 1. The van der Waals surface area contributed by atoms with Gasteiger partial charge in [0.1, 0.15) is 5.82 Å². The lowest BCUT2D eigenvalue weighted by atomic mass is 10.1. The number of amides is 1. The molecule has 8 heteroatoms. The summed E-state index contributed by atoms with van der Waals surface area (Å²) < 4.78 is 38.9. The molecule has 0 heterocycles. The molecule has 0 aliphatic heterocycles. The summed E-state index contributed by atoms with van der Waals surface area (Å²) in [7, 11) is -3.39. The molecule has 0 radical (unpaired) electrons. The average Bonchev–Trinajstić information content (AvgIpc) is 2.40. The molecular weight excluding hydrogens is 297 g/mol. The van der Waals surface area contributed by atoms with E-state index < -0.39 is 21.7 Å². The first-order valence-electron chi connectivity index (χ1n) is 6.69. The Morgan fingerprint density at radius 1 is 1.24 bits per heavy atom. The number of rotatable bonds is 8. The van der Waals surface area contributed by atoms with Crippen molar-refractivity contribution >= 4 is 21.6 Å². The summed E-state index contributed by atoms with van der Waals surface area (Å²) in [6.07, 6.45) is 0. The molecule has 6 nitrogen and oxygen atoms in total. The molecule has 0 aliphatic rings. The van der Waals surface area contributed by atoms with E-state index in [1.54, 1.807) is 13.8 Å². The first kappa shape index (κ1) is 17.4. The SMILES string of the molecule is CCNc1c(F)cccc1C(=O)NCCS(=O)(=O)NCC. The Hall–Kier alpha value is -1.67. The average molecular weight is 317 g/mol. The molecule has 3 N–H and O–H groups in total. The van der Waals surface area contributed by atoms with E-state index in [0.717, 1.165) is 0 Å². The minimum absolute atomic E-state index is 0.0454. The van der Waals surface area contributed by atoms with Crippen molar-refractivity contribution in [1.82, 2.24) is 10.0 Å². The van der Waals surface area contributed by atoms with Crippen LogP contribution in [0, 0.1) is 5.82 Å². The molecule has 0 unspecified atom stereocenters. The minimum atomic E-state index is -3.39. The molecule has 118 valence electrons. The summed E-state index contributed by atoms with van der Waals surface area (Å²) in [4.78, 5) is 12.0. The number of carbonyl (C=O) groups excluding carboxylic acids is 1. The van der Waals surface area contributed by atoms with Gasteiger partial charge >= 0.3 is 0 Å². The highest BCUT2D eigenvalue weighted by Crippen LogP contribution is 2.19. The van der Waals surface area contributed by atoms with E-state index in [4.69, 9.17) is 0 Å². The fourth-order valence-corrected chi connectivity index (χ4v) is 2.71. The monoisotopic (exact) mass is 317 g/mol. The summed E-state index contributed by atoms with van der Waals surface area (Å²) in [6.45, 7) is 4.18. The fraction of sp³-hybridized carbons (Fsp3) is 0.462. The number of anilines is 1. The van der Waals surface area contributed by atoms with Gasteiger partial charge in [0.2, 0.25) is 10.0 Å². The Labute approximate surface area is 124 Å². The number of hydrogen-bond acceptors (Lipinski definition) is 4. The fourth-order valence-electron chi connectivity index (χ4n) is 1.76. The smallest absolute Gasteiger partial charge is 0.253 e. The summed E-state index contributed by atoms with van der Waals surface area (Å²) in [5.74, 6) is -1.26. The van der Waals surface area contributed by atoms with Gasteiger partial charge in [0.15, 0.2) is 0 Å². The van der Waals surface area contributed by atoms with Gasteiger partial charge in [0, 0.05) is 19.6 Å². The van der Waals surface area contributed by atoms with Gasteiger partial charge in [-0.05, 0) is 19.1 Å². The third kappa shape index (κ3) is 5.31. The second kappa shape index (κ2) is 7.94. The highest BCUT2D eigenvalue weighted by molar-refractivity contribution is 7.89. The van der Waals surface area contributed by atoms with E-state index in [9.17, 15) is 17.6 Å². The number of nitrogens with one attached hydrogen (secondary N) is 3. The van der Waals surface area contributed by atoms with Gasteiger partial charge in [-0.3, -0.25) is 4.79 Å². The van der Waals surface area contributed by atoms with Crippen molar-refractivity contribution in [1.29, 1.82) is 0 Å². The predicted molar refractivity (Wildman–Crippen MR) is 80.4 cm³/mol. The van der Waals surface area contributed by atoms with E-state index in [-0.39, 0.29) is 23.5 Å². The van der Waals surface area contributed by atoms with E-state index in [1.807, 2.05) is 0 Å². The molecule has 1 rings (SSSR count). The Kier molecular flexibility index (Phi) is 6.57. The molecule has 0 bridgehead atoms. The van der Waals surface area contributed by atoms with Gasteiger partial charge in [0.05, 0.1) is 17.0 Å². The molecule has 0 atom stereocenters. The Morgan fingerprint density at radius 3 is 2.57 bits per heavy atom. The molecule has 0 aliphatic carbocycles. The van der Waals surface area contributed by atoms with Gasteiger partial charge in [-0.1, -0.05) is 13.0 Å². The van der Waals surface area contributed by atoms with Crippen LogP contribution in [0.4, 0.5) is 10.1 Å². The molecule has 0 saturated carbocycles. The van der Waals surface area contributed by atoms with Crippen LogP contribution in [0.2, 0.25) is 0 Å². The number of benzene rings is 1. The van der Waals surface area contributed by atoms with Gasteiger partial charge in [0.25, 0.3) is 5.91 Å². The van der Waals surface area contributed by atoms with Gasteiger partial charge in [-0.2, -0.15) is 0 Å². The van der Waals surface area contributed by atoms with E-state index in [1.165, 1.54) is 18.2 Å². The summed E-state index contributed by atoms with van der Waals surface area (Å²) in [6, 6.07) is 4.17. The second-order valence-electron chi connectivity index (χ2n) is 4.27. The van der Waals surface area contributed by atoms with Crippen molar-refractivity contribution in [2.45, 2.75) is 13.8 Å². The lowest BCUT2D eigenvalue weighted by Gasteiger charge is -2.12. The number of sulfonamides is 1. The third-order valence-electron chi connectivity index (χ3n) is 2.63. The molecule has 1 aromatic carbocycles. The summed E-state index contributed by atoms with van der Waals surface area (Å²) in [5.41, 5.74) is 0.268. The zero-order chi connectivity index (χ0) is 15.9. The second-order valence-corrected chi connectivity index (χ2v) is 6.19. The molecule has 21 heavy (non-hydrogen) atoms. The van der Waals surface area contributed by atoms with E-state index in [2.05, 4.69) is 15.4 Å². The zero-order valence-electron chi connectivity index (χ0n) is 12.1. The van der Waals surface area contributed by atoms with E-state index in [0.29, 0.717) is 13.1 Å². The van der Waals surface area contributed by atoms with Crippen LogP contribution in [0.5, 0.6) is 0 Å². The van der Waals surface area contributed by atoms with Crippen LogP contribution in [-0.2, 0) is 10.0 Å². The highest BCUT2D eigenvalue weighted by Gasteiger charge is 2.15. The largest absolute Gasteiger partial charge is 0.382 e. The van der Waals surface area contributed by atoms with Crippen LogP contribution in [0.25, 0.3) is 0 Å². The van der Waals surface area contributed by atoms with Crippen LogP contribution < -0.4 is 15.4 Å². The molecule has 1 amide bonds. The van der Waals surface area contributed by atoms with Crippen molar-refractivity contribution in [2.75, 3.05) is 30.7 Å². The maximum absolute atomic E-state index is 13.7. The number of hydrogen-bond donors (Lipinski definition) is 3. The standard InChI is InChI=1S/C13H20FN3O3S/c1-3-15-12-10(6-5-7-11(12)14)13(18)16-8-9-21(19,20)17-4-2/h5-7,15,17H,3-4,8-9H2,1-2H3,(H,16,18). The van der Waals surface area contributed by atoms with Crippen LogP contribution in [0.1, 0.15) is 24.2 Å². The first-order chi connectivity index (χ1) is 9.91. The van der Waals surface area contributed by atoms with Crippen molar-refractivity contribution < 1.29 is 17.6 Å². The summed E-state index contributed by atoms with van der Waals surface area (Å²) >= 11 is 0. The van der Waals surface area contributed by atoms with Crippen molar-refractivity contribution in [2.24, 2.45) is 0 Å². The van der Waals surface area contributed by atoms with Crippen molar-refractivity contribution in [3.8, 4) is 0 Å². The predicted octanol–water partition coefficient (Wildman–Crippen LogP) is 0.927. The maximum atomic E-state index is 13.7. The van der Waals surface area contributed by atoms with Crippen LogP contribution in [0.3, 0.4) is 0 Å². The van der Waals surface area contributed by atoms with Crippen molar-refractivity contribution in [3.05, 3.63) is 29.6 Å². The normalized spacial score (nSPS) is 11.2.